The van der Waals surface area contributed by atoms with Crippen molar-refractivity contribution in [3.8, 4) is 16.9 Å². The van der Waals surface area contributed by atoms with Gasteiger partial charge in [0, 0.05) is 47.4 Å². The summed E-state index contributed by atoms with van der Waals surface area (Å²) in [5.41, 5.74) is 4.76. The molecule has 4 aromatic rings. The van der Waals surface area contributed by atoms with Crippen LogP contribution >= 0.6 is 23.2 Å². The van der Waals surface area contributed by atoms with Crippen LogP contribution in [0.1, 0.15) is 29.7 Å². The number of fused-ring (bicyclic) bond motifs is 1. The van der Waals surface area contributed by atoms with E-state index in [4.69, 9.17) is 27.9 Å². The van der Waals surface area contributed by atoms with Crippen LogP contribution in [0.25, 0.3) is 22.2 Å². The van der Waals surface area contributed by atoms with Crippen molar-refractivity contribution < 1.29 is 9.13 Å². The van der Waals surface area contributed by atoms with E-state index in [1.165, 1.54) is 6.07 Å². The number of aromatic nitrogens is 4. The summed E-state index contributed by atoms with van der Waals surface area (Å²) in [6, 6.07) is 4.91. The SMILES string of the molecule is COc1ccc(F)c(Cl)c1C(C)c1c[nH]c2ncc(-c3c(C)nn(C)c3Cl)cc12. The smallest absolute Gasteiger partial charge is 0.142 e. The van der Waals surface area contributed by atoms with E-state index in [0.29, 0.717) is 16.5 Å². The van der Waals surface area contributed by atoms with Gasteiger partial charge in [0.25, 0.3) is 0 Å². The van der Waals surface area contributed by atoms with Crippen LogP contribution in [0.4, 0.5) is 4.39 Å². The number of hydrogen-bond acceptors (Lipinski definition) is 3. The lowest BCUT2D eigenvalue weighted by molar-refractivity contribution is 0.407. The van der Waals surface area contributed by atoms with Crippen LogP contribution in [0, 0.1) is 12.7 Å². The highest BCUT2D eigenvalue weighted by Gasteiger charge is 2.23. The van der Waals surface area contributed by atoms with E-state index in [1.807, 2.05) is 26.1 Å². The zero-order chi connectivity index (χ0) is 20.9. The third-order valence-corrected chi connectivity index (χ3v) is 6.03. The van der Waals surface area contributed by atoms with Crippen LogP contribution in [0.5, 0.6) is 5.75 Å². The number of benzene rings is 1. The number of hydrogen-bond donors (Lipinski definition) is 1. The summed E-state index contributed by atoms with van der Waals surface area (Å²) in [5.74, 6) is -0.177. The van der Waals surface area contributed by atoms with E-state index >= 15 is 0 Å². The third kappa shape index (κ3) is 3.16. The van der Waals surface area contributed by atoms with Gasteiger partial charge in [-0.2, -0.15) is 5.10 Å². The molecule has 150 valence electrons. The Balaban J connectivity index is 1.89. The fraction of sp³-hybridized carbons (Fsp3) is 0.238. The fourth-order valence-corrected chi connectivity index (χ4v) is 4.37. The van der Waals surface area contributed by atoms with Crippen molar-refractivity contribution >= 4 is 34.2 Å². The molecular formula is C21H19Cl2FN4O. The zero-order valence-electron chi connectivity index (χ0n) is 16.3. The van der Waals surface area contributed by atoms with E-state index < -0.39 is 5.82 Å². The van der Waals surface area contributed by atoms with Gasteiger partial charge in [-0.1, -0.05) is 30.1 Å². The Labute approximate surface area is 177 Å². The Morgan fingerprint density at radius 3 is 2.69 bits per heavy atom. The minimum atomic E-state index is -0.481. The second-order valence-corrected chi connectivity index (χ2v) is 7.67. The van der Waals surface area contributed by atoms with Crippen molar-refractivity contribution in [2.75, 3.05) is 7.11 Å². The maximum Gasteiger partial charge on any atom is 0.142 e. The molecule has 0 fully saturated rings. The average molecular weight is 433 g/mol. The van der Waals surface area contributed by atoms with Gasteiger partial charge in [-0.05, 0) is 30.7 Å². The van der Waals surface area contributed by atoms with Crippen LogP contribution in [0.2, 0.25) is 10.2 Å². The van der Waals surface area contributed by atoms with Crippen molar-refractivity contribution in [3.05, 3.63) is 63.4 Å². The Bertz CT molecular complexity index is 1230. The number of nitrogens with zero attached hydrogens (tertiary/aromatic N) is 3. The Kier molecular flexibility index (Phi) is 5.00. The summed E-state index contributed by atoms with van der Waals surface area (Å²) < 4.78 is 21.2. The number of halogens is 3. The molecule has 1 N–H and O–H groups in total. The predicted molar refractivity (Wildman–Crippen MR) is 114 cm³/mol. The Hall–Kier alpha value is -2.57. The van der Waals surface area contributed by atoms with Gasteiger partial charge in [0.1, 0.15) is 22.4 Å². The number of nitrogens with one attached hydrogen (secondary N) is 1. The van der Waals surface area contributed by atoms with Crippen LogP contribution in [0.15, 0.2) is 30.6 Å². The molecule has 4 rings (SSSR count). The molecule has 0 amide bonds. The van der Waals surface area contributed by atoms with Crippen molar-refractivity contribution in [1.82, 2.24) is 19.7 Å². The first-order valence-electron chi connectivity index (χ1n) is 9.01. The first kappa shape index (κ1) is 19.7. The molecule has 1 unspecified atom stereocenters. The summed E-state index contributed by atoms with van der Waals surface area (Å²) >= 11 is 12.7. The van der Waals surface area contributed by atoms with Gasteiger partial charge >= 0.3 is 0 Å². The number of rotatable bonds is 4. The Morgan fingerprint density at radius 1 is 1.28 bits per heavy atom. The van der Waals surface area contributed by atoms with E-state index in [2.05, 4.69) is 15.1 Å². The van der Waals surface area contributed by atoms with Gasteiger partial charge in [0.2, 0.25) is 0 Å². The van der Waals surface area contributed by atoms with E-state index in [0.717, 1.165) is 33.4 Å². The predicted octanol–water partition coefficient (Wildman–Crippen LogP) is 5.88. The van der Waals surface area contributed by atoms with Crippen LogP contribution < -0.4 is 4.74 Å². The molecule has 0 spiro atoms. The van der Waals surface area contributed by atoms with Gasteiger partial charge in [-0.3, -0.25) is 4.68 Å². The molecule has 1 atom stereocenters. The number of H-pyrrole nitrogens is 1. The van der Waals surface area contributed by atoms with E-state index in [9.17, 15) is 4.39 Å². The highest BCUT2D eigenvalue weighted by molar-refractivity contribution is 6.32. The lowest BCUT2D eigenvalue weighted by atomic mass is 9.91. The fourth-order valence-electron chi connectivity index (χ4n) is 3.76. The molecule has 8 heteroatoms. The molecule has 0 bridgehead atoms. The standard InChI is InChI=1S/C21H19Cl2FN4O/c1-10(17-16(29-4)6-5-15(24)19(17)22)14-9-26-21-13(14)7-12(8-25-21)18-11(2)27-28(3)20(18)23/h5-10H,1-4H3,(H,25,26). The number of aryl methyl sites for hydroxylation is 2. The third-order valence-electron chi connectivity index (χ3n) is 5.22. The summed E-state index contributed by atoms with van der Waals surface area (Å²) in [6.07, 6.45) is 3.63. The minimum Gasteiger partial charge on any atom is -0.496 e. The molecular weight excluding hydrogens is 414 g/mol. The highest BCUT2D eigenvalue weighted by Crippen LogP contribution is 2.41. The molecule has 0 aliphatic rings. The molecule has 0 saturated carbocycles. The topological polar surface area (TPSA) is 55.7 Å². The molecule has 0 aliphatic heterocycles. The minimum absolute atomic E-state index is 0.0569. The lowest BCUT2D eigenvalue weighted by Crippen LogP contribution is -2.02. The van der Waals surface area contributed by atoms with Gasteiger partial charge in [0.15, 0.2) is 0 Å². The van der Waals surface area contributed by atoms with Crippen LogP contribution in [-0.2, 0) is 7.05 Å². The molecule has 0 radical (unpaired) electrons. The first-order chi connectivity index (χ1) is 13.8. The molecule has 5 nitrogen and oxygen atoms in total. The van der Waals surface area contributed by atoms with Crippen LogP contribution in [0.3, 0.4) is 0 Å². The monoisotopic (exact) mass is 432 g/mol. The number of ether oxygens (including phenoxy) is 1. The Morgan fingerprint density at radius 2 is 2.03 bits per heavy atom. The molecule has 29 heavy (non-hydrogen) atoms. The number of methoxy groups -OCH3 is 1. The van der Waals surface area contributed by atoms with Gasteiger partial charge in [-0.15, -0.1) is 0 Å². The maximum absolute atomic E-state index is 14.2. The summed E-state index contributed by atoms with van der Waals surface area (Å²) in [4.78, 5) is 7.72. The quantitative estimate of drug-likeness (QED) is 0.438. The van der Waals surface area contributed by atoms with Gasteiger partial charge in [0.05, 0.1) is 17.8 Å². The van der Waals surface area contributed by atoms with E-state index in [-0.39, 0.29) is 10.9 Å². The molecule has 0 aliphatic carbocycles. The molecule has 3 heterocycles. The summed E-state index contributed by atoms with van der Waals surface area (Å²) in [7, 11) is 3.34. The second kappa shape index (κ2) is 7.35. The molecule has 0 saturated heterocycles. The van der Waals surface area contributed by atoms with Crippen molar-refractivity contribution in [1.29, 1.82) is 0 Å². The largest absolute Gasteiger partial charge is 0.496 e. The van der Waals surface area contributed by atoms with Gasteiger partial charge in [-0.25, -0.2) is 9.37 Å². The highest BCUT2D eigenvalue weighted by atomic mass is 35.5. The van der Waals surface area contributed by atoms with E-state index in [1.54, 1.807) is 31.1 Å². The molecule has 1 aromatic carbocycles. The van der Waals surface area contributed by atoms with Gasteiger partial charge < -0.3 is 9.72 Å². The zero-order valence-corrected chi connectivity index (χ0v) is 17.9. The van der Waals surface area contributed by atoms with Crippen molar-refractivity contribution in [3.63, 3.8) is 0 Å². The van der Waals surface area contributed by atoms with Crippen LogP contribution in [-0.4, -0.2) is 26.9 Å². The maximum atomic E-state index is 14.2. The average Bonchev–Trinajstić information content (AvgIpc) is 3.23. The normalized spacial score (nSPS) is 12.5. The summed E-state index contributed by atoms with van der Waals surface area (Å²) in [5, 5.41) is 5.88. The number of pyridine rings is 1. The van der Waals surface area contributed by atoms with Crippen molar-refractivity contribution in [2.45, 2.75) is 19.8 Å². The number of aromatic amines is 1. The first-order valence-corrected chi connectivity index (χ1v) is 9.77. The summed E-state index contributed by atoms with van der Waals surface area (Å²) in [6.45, 7) is 3.87. The second-order valence-electron chi connectivity index (χ2n) is 6.94. The lowest BCUT2D eigenvalue weighted by Gasteiger charge is -2.17. The molecule has 3 aromatic heterocycles. The van der Waals surface area contributed by atoms with Crippen molar-refractivity contribution in [2.24, 2.45) is 7.05 Å².